The number of carboxylic acids is 1. The molecule has 0 saturated heterocycles. The number of pyridine rings is 1. The molecule has 0 amide bonds. The summed E-state index contributed by atoms with van der Waals surface area (Å²) in [6.07, 6.45) is 2.56. The molecule has 0 aliphatic rings. The Morgan fingerprint density at radius 1 is 1.35 bits per heavy atom. The molecule has 20 heavy (non-hydrogen) atoms. The number of rotatable bonds is 4. The predicted octanol–water partition coefficient (Wildman–Crippen LogP) is 3.60. The number of aromatic nitrogens is 1. The van der Waals surface area contributed by atoms with Gasteiger partial charge in [0.1, 0.15) is 11.1 Å². The van der Waals surface area contributed by atoms with E-state index in [1.54, 1.807) is 18.2 Å². The molecule has 1 aromatic heterocycles. The van der Waals surface area contributed by atoms with Crippen molar-refractivity contribution in [2.45, 2.75) is 9.79 Å². The number of halogens is 1. The van der Waals surface area contributed by atoms with Gasteiger partial charge in [-0.15, -0.1) is 0 Å². The first-order valence-corrected chi connectivity index (χ1v) is 6.89. The van der Waals surface area contributed by atoms with Crippen LogP contribution in [0.2, 0.25) is 0 Å². The molecule has 6 nitrogen and oxygen atoms in total. The molecule has 1 aromatic carbocycles. The topological polar surface area (TPSA) is 93.3 Å². The van der Waals surface area contributed by atoms with Crippen LogP contribution in [0.25, 0.3) is 0 Å². The quantitative estimate of drug-likeness (QED) is 0.665. The molecule has 1 heterocycles. The van der Waals surface area contributed by atoms with Crippen molar-refractivity contribution < 1.29 is 14.8 Å². The highest BCUT2D eigenvalue weighted by Crippen LogP contribution is 2.40. The lowest BCUT2D eigenvalue weighted by Gasteiger charge is -2.07. The largest absolute Gasteiger partial charge is 0.478 e. The summed E-state index contributed by atoms with van der Waals surface area (Å²) in [5, 5.41) is 20.1. The maximum Gasteiger partial charge on any atom is 0.336 e. The van der Waals surface area contributed by atoms with Crippen LogP contribution in [0, 0.1) is 10.1 Å². The van der Waals surface area contributed by atoms with Gasteiger partial charge in [0.25, 0.3) is 0 Å². The molecule has 0 bridgehead atoms. The maximum atomic E-state index is 11.1. The zero-order valence-corrected chi connectivity index (χ0v) is 12.2. The number of carboxylic acid groups (broad SMARTS) is 1. The third-order valence-electron chi connectivity index (χ3n) is 2.36. The van der Waals surface area contributed by atoms with Gasteiger partial charge in [0.15, 0.2) is 0 Å². The Morgan fingerprint density at radius 2 is 2.05 bits per heavy atom. The number of nitrogens with zero attached hydrogens (tertiary/aromatic N) is 2. The second kappa shape index (κ2) is 6.02. The third kappa shape index (κ3) is 2.97. The zero-order valence-electron chi connectivity index (χ0n) is 9.82. The van der Waals surface area contributed by atoms with E-state index in [2.05, 4.69) is 20.9 Å². The number of nitro groups is 1. The van der Waals surface area contributed by atoms with Crippen molar-refractivity contribution in [1.29, 1.82) is 0 Å². The van der Waals surface area contributed by atoms with Crippen LogP contribution in [0.15, 0.2) is 50.9 Å². The van der Waals surface area contributed by atoms with E-state index in [-0.39, 0.29) is 11.3 Å². The summed E-state index contributed by atoms with van der Waals surface area (Å²) in [5.41, 5.74) is -0.0833. The summed E-state index contributed by atoms with van der Waals surface area (Å²) in [4.78, 5) is 26.1. The number of hydrogen-bond donors (Lipinski definition) is 1. The Kier molecular flexibility index (Phi) is 4.35. The number of hydrogen-bond acceptors (Lipinski definition) is 5. The van der Waals surface area contributed by atoms with Crippen molar-refractivity contribution in [2.24, 2.45) is 0 Å². The van der Waals surface area contributed by atoms with E-state index in [1.165, 1.54) is 12.3 Å². The van der Waals surface area contributed by atoms with Crippen molar-refractivity contribution >= 4 is 39.3 Å². The fraction of sp³-hybridized carbons (Fsp3) is 0. The highest BCUT2D eigenvalue weighted by Gasteiger charge is 2.20. The highest BCUT2D eigenvalue weighted by atomic mass is 79.9. The van der Waals surface area contributed by atoms with Gasteiger partial charge in [0, 0.05) is 11.1 Å². The first-order valence-electron chi connectivity index (χ1n) is 5.28. The molecule has 102 valence electrons. The molecular weight excluding hydrogens is 348 g/mol. The van der Waals surface area contributed by atoms with Crippen LogP contribution in [-0.4, -0.2) is 21.0 Å². The van der Waals surface area contributed by atoms with Gasteiger partial charge < -0.3 is 5.11 Å². The van der Waals surface area contributed by atoms with E-state index in [0.717, 1.165) is 18.0 Å². The summed E-state index contributed by atoms with van der Waals surface area (Å²) in [5.74, 6) is -1.08. The van der Waals surface area contributed by atoms with E-state index < -0.39 is 10.9 Å². The average Bonchev–Trinajstić information content (AvgIpc) is 2.41. The molecule has 1 N–H and O–H groups in total. The van der Waals surface area contributed by atoms with Crippen molar-refractivity contribution in [2.75, 3.05) is 0 Å². The Hall–Kier alpha value is -1.93. The van der Waals surface area contributed by atoms with Crippen LogP contribution >= 0.6 is 27.7 Å². The molecule has 0 atom stereocenters. The van der Waals surface area contributed by atoms with Crippen molar-refractivity contribution in [1.82, 2.24) is 4.98 Å². The highest BCUT2D eigenvalue weighted by molar-refractivity contribution is 9.10. The lowest BCUT2D eigenvalue weighted by atomic mass is 10.2. The molecule has 0 aliphatic heterocycles. The normalized spacial score (nSPS) is 10.2. The smallest absolute Gasteiger partial charge is 0.336 e. The molecule has 0 fully saturated rings. The average molecular weight is 355 g/mol. The number of benzene rings is 1. The lowest BCUT2D eigenvalue weighted by Crippen LogP contribution is -1.99. The van der Waals surface area contributed by atoms with Gasteiger partial charge >= 0.3 is 11.7 Å². The Bertz CT molecular complexity index is 693. The monoisotopic (exact) mass is 354 g/mol. The summed E-state index contributed by atoms with van der Waals surface area (Å²) in [6.45, 7) is 0. The van der Waals surface area contributed by atoms with Gasteiger partial charge in [-0.1, -0.05) is 23.9 Å². The summed E-state index contributed by atoms with van der Waals surface area (Å²) in [7, 11) is 0. The van der Waals surface area contributed by atoms with Crippen molar-refractivity contribution in [3.8, 4) is 0 Å². The fourth-order valence-corrected chi connectivity index (χ4v) is 3.06. The molecule has 2 aromatic rings. The Morgan fingerprint density at radius 3 is 2.70 bits per heavy atom. The van der Waals surface area contributed by atoms with E-state index in [4.69, 9.17) is 5.11 Å². The molecule has 0 unspecified atom stereocenters. The van der Waals surface area contributed by atoms with Crippen LogP contribution in [0.3, 0.4) is 0 Å². The SMILES string of the molecule is O=C(O)c1ccccc1Sc1c(Br)cncc1[N+](=O)[O-]. The van der Waals surface area contributed by atoms with Crippen LogP contribution in [0.5, 0.6) is 0 Å². The predicted molar refractivity (Wildman–Crippen MR) is 76.1 cm³/mol. The van der Waals surface area contributed by atoms with Crippen molar-refractivity contribution in [3.05, 3.63) is 56.8 Å². The van der Waals surface area contributed by atoms with E-state index in [0.29, 0.717) is 14.3 Å². The Labute approximate surface area is 126 Å². The van der Waals surface area contributed by atoms with Gasteiger partial charge in [-0.05, 0) is 28.1 Å². The molecule has 0 aliphatic carbocycles. The second-order valence-corrected chi connectivity index (χ2v) is 5.54. The van der Waals surface area contributed by atoms with Crippen LogP contribution in [0.1, 0.15) is 10.4 Å². The van der Waals surface area contributed by atoms with Crippen LogP contribution in [0.4, 0.5) is 5.69 Å². The second-order valence-electron chi connectivity index (χ2n) is 3.63. The zero-order chi connectivity index (χ0) is 14.7. The number of aromatic carboxylic acids is 1. The first kappa shape index (κ1) is 14.5. The van der Waals surface area contributed by atoms with Crippen molar-refractivity contribution in [3.63, 3.8) is 0 Å². The minimum Gasteiger partial charge on any atom is -0.478 e. The van der Waals surface area contributed by atoms with E-state index in [1.807, 2.05) is 0 Å². The molecule has 8 heteroatoms. The minimum atomic E-state index is -1.08. The Balaban J connectivity index is 2.51. The van der Waals surface area contributed by atoms with E-state index >= 15 is 0 Å². The van der Waals surface area contributed by atoms with E-state index in [9.17, 15) is 14.9 Å². The van der Waals surface area contributed by atoms with Gasteiger partial charge in [-0.3, -0.25) is 15.1 Å². The van der Waals surface area contributed by atoms with Gasteiger partial charge in [0.05, 0.1) is 15.0 Å². The maximum absolute atomic E-state index is 11.1. The molecular formula is C12H7BrN2O4S. The van der Waals surface area contributed by atoms with Gasteiger partial charge in [0.2, 0.25) is 0 Å². The molecule has 0 radical (unpaired) electrons. The minimum absolute atomic E-state index is 0.0931. The first-order chi connectivity index (χ1) is 9.50. The van der Waals surface area contributed by atoms with Crippen LogP contribution < -0.4 is 0 Å². The molecule has 0 spiro atoms. The van der Waals surface area contributed by atoms with Gasteiger partial charge in [-0.25, -0.2) is 4.79 Å². The third-order valence-corrected chi connectivity index (χ3v) is 4.43. The molecule has 2 rings (SSSR count). The summed E-state index contributed by atoms with van der Waals surface area (Å²) < 4.78 is 0.442. The standard InChI is InChI=1S/C12H7BrN2O4S/c13-8-5-14-6-9(15(18)19)11(8)20-10-4-2-1-3-7(10)12(16)17/h1-6H,(H,16,17). The molecule has 0 saturated carbocycles. The number of carbonyl (C=O) groups is 1. The van der Waals surface area contributed by atoms with Gasteiger partial charge in [-0.2, -0.15) is 0 Å². The lowest BCUT2D eigenvalue weighted by molar-refractivity contribution is -0.388. The fourth-order valence-electron chi connectivity index (χ4n) is 1.49. The summed E-state index contributed by atoms with van der Waals surface area (Å²) >= 11 is 4.21. The summed E-state index contributed by atoms with van der Waals surface area (Å²) in [6, 6.07) is 6.33. The van der Waals surface area contributed by atoms with Crippen LogP contribution in [-0.2, 0) is 0 Å².